The molecule has 0 bridgehead atoms. The van der Waals surface area contributed by atoms with E-state index in [2.05, 4.69) is 10.6 Å². The van der Waals surface area contributed by atoms with Crippen molar-refractivity contribution in [2.45, 2.75) is 6.18 Å². The normalized spacial score (nSPS) is 11.1. The van der Waals surface area contributed by atoms with E-state index >= 15 is 0 Å². The SMILES string of the molecule is O=C(Nc1ccc(Cl)c(C(F)(F)F)c1)C(=O)Nc1cccc(Cl)c1Cl. The fourth-order valence-corrected chi connectivity index (χ4v) is 2.36. The lowest BCUT2D eigenvalue weighted by Crippen LogP contribution is -2.29. The van der Waals surface area contributed by atoms with Crippen molar-refractivity contribution in [2.75, 3.05) is 10.6 Å². The van der Waals surface area contributed by atoms with Gasteiger partial charge in [0.15, 0.2) is 0 Å². The maximum Gasteiger partial charge on any atom is 0.417 e. The lowest BCUT2D eigenvalue weighted by atomic mass is 10.2. The Morgan fingerprint density at radius 1 is 0.880 bits per heavy atom. The summed E-state index contributed by atoms with van der Waals surface area (Å²) in [6, 6.07) is 7.10. The predicted octanol–water partition coefficient (Wildman–Crippen LogP) is 5.24. The highest BCUT2D eigenvalue weighted by Gasteiger charge is 2.33. The van der Waals surface area contributed by atoms with Crippen molar-refractivity contribution in [3.8, 4) is 0 Å². The minimum Gasteiger partial charge on any atom is -0.318 e. The van der Waals surface area contributed by atoms with Crippen LogP contribution in [0.25, 0.3) is 0 Å². The molecule has 25 heavy (non-hydrogen) atoms. The predicted molar refractivity (Wildman–Crippen MR) is 90.2 cm³/mol. The third-order valence-corrected chi connectivity index (χ3v) is 4.08. The van der Waals surface area contributed by atoms with Gasteiger partial charge in [0.2, 0.25) is 0 Å². The summed E-state index contributed by atoms with van der Waals surface area (Å²) in [6.07, 6.45) is -4.70. The molecule has 0 aliphatic carbocycles. The summed E-state index contributed by atoms with van der Waals surface area (Å²) in [4.78, 5) is 23.7. The number of anilines is 2. The average molecular weight is 412 g/mol. The van der Waals surface area contributed by atoms with E-state index in [1.54, 1.807) is 0 Å². The molecule has 0 saturated heterocycles. The van der Waals surface area contributed by atoms with Crippen molar-refractivity contribution in [1.82, 2.24) is 0 Å². The van der Waals surface area contributed by atoms with Crippen molar-refractivity contribution < 1.29 is 22.8 Å². The maximum atomic E-state index is 12.8. The van der Waals surface area contributed by atoms with Crippen LogP contribution in [0.2, 0.25) is 15.1 Å². The first-order valence-electron chi connectivity index (χ1n) is 6.52. The maximum absolute atomic E-state index is 12.8. The Balaban J connectivity index is 2.14. The van der Waals surface area contributed by atoms with Gasteiger partial charge in [0.25, 0.3) is 0 Å². The number of hydrogen-bond donors (Lipinski definition) is 2. The first-order chi connectivity index (χ1) is 11.6. The van der Waals surface area contributed by atoms with Crippen LogP contribution in [-0.2, 0) is 15.8 Å². The highest BCUT2D eigenvalue weighted by Crippen LogP contribution is 2.36. The van der Waals surface area contributed by atoms with Gasteiger partial charge in [-0.2, -0.15) is 13.2 Å². The molecule has 0 radical (unpaired) electrons. The van der Waals surface area contributed by atoms with Crippen LogP contribution in [0.1, 0.15) is 5.56 Å². The van der Waals surface area contributed by atoms with Gasteiger partial charge in [-0.15, -0.1) is 0 Å². The molecule has 0 aromatic heterocycles. The van der Waals surface area contributed by atoms with Gasteiger partial charge < -0.3 is 10.6 Å². The van der Waals surface area contributed by atoms with E-state index in [-0.39, 0.29) is 21.4 Å². The van der Waals surface area contributed by atoms with E-state index in [0.29, 0.717) is 6.07 Å². The van der Waals surface area contributed by atoms with Gasteiger partial charge in [-0.05, 0) is 30.3 Å². The topological polar surface area (TPSA) is 58.2 Å². The van der Waals surface area contributed by atoms with Crippen molar-refractivity contribution in [1.29, 1.82) is 0 Å². The second-order valence-corrected chi connectivity index (χ2v) is 5.89. The lowest BCUT2D eigenvalue weighted by Gasteiger charge is -2.12. The van der Waals surface area contributed by atoms with Crippen LogP contribution in [0.15, 0.2) is 36.4 Å². The monoisotopic (exact) mass is 410 g/mol. The van der Waals surface area contributed by atoms with Crippen LogP contribution in [-0.4, -0.2) is 11.8 Å². The molecule has 2 N–H and O–H groups in total. The number of nitrogens with one attached hydrogen (secondary N) is 2. The van der Waals surface area contributed by atoms with E-state index in [9.17, 15) is 22.8 Å². The zero-order valence-electron chi connectivity index (χ0n) is 12.0. The Kier molecular flexibility index (Phi) is 5.82. The number of hydrogen-bond acceptors (Lipinski definition) is 2. The van der Waals surface area contributed by atoms with Crippen molar-refractivity contribution in [3.63, 3.8) is 0 Å². The minimum absolute atomic E-state index is 0.0242. The van der Waals surface area contributed by atoms with Crippen LogP contribution in [0.3, 0.4) is 0 Å². The Labute approximate surface area is 154 Å². The highest BCUT2D eigenvalue weighted by atomic mass is 35.5. The Bertz CT molecular complexity index is 841. The highest BCUT2D eigenvalue weighted by molar-refractivity contribution is 6.47. The molecule has 0 heterocycles. The summed E-state index contributed by atoms with van der Waals surface area (Å²) < 4.78 is 38.4. The number of rotatable bonds is 2. The smallest absolute Gasteiger partial charge is 0.318 e. The van der Waals surface area contributed by atoms with Crippen LogP contribution in [0.5, 0.6) is 0 Å². The molecule has 0 fully saturated rings. The zero-order valence-corrected chi connectivity index (χ0v) is 14.3. The minimum atomic E-state index is -4.70. The summed E-state index contributed by atoms with van der Waals surface area (Å²) in [7, 11) is 0. The molecule has 2 amide bonds. The molecular formula is C15H8Cl3F3N2O2. The van der Waals surface area contributed by atoms with Crippen LogP contribution in [0.4, 0.5) is 24.5 Å². The summed E-state index contributed by atoms with van der Waals surface area (Å²) in [5.74, 6) is -2.32. The summed E-state index contributed by atoms with van der Waals surface area (Å²) in [6.45, 7) is 0. The van der Waals surface area contributed by atoms with Crippen LogP contribution < -0.4 is 10.6 Å². The van der Waals surface area contributed by atoms with E-state index in [1.807, 2.05) is 0 Å². The quantitative estimate of drug-likeness (QED) is 0.664. The van der Waals surface area contributed by atoms with Crippen LogP contribution in [0, 0.1) is 0 Å². The van der Waals surface area contributed by atoms with E-state index in [1.165, 1.54) is 18.2 Å². The van der Waals surface area contributed by atoms with Gasteiger partial charge in [0.05, 0.1) is 26.3 Å². The van der Waals surface area contributed by atoms with E-state index in [4.69, 9.17) is 34.8 Å². The lowest BCUT2D eigenvalue weighted by molar-refractivity contribution is -0.137. The third-order valence-electron chi connectivity index (χ3n) is 2.94. The Hall–Kier alpha value is -1.96. The van der Waals surface area contributed by atoms with Gasteiger partial charge in [-0.25, -0.2) is 0 Å². The average Bonchev–Trinajstić information content (AvgIpc) is 2.52. The van der Waals surface area contributed by atoms with E-state index in [0.717, 1.165) is 12.1 Å². The Morgan fingerprint density at radius 2 is 1.52 bits per heavy atom. The molecule has 132 valence electrons. The molecule has 0 aliphatic rings. The number of alkyl halides is 3. The molecule has 2 aromatic rings. The van der Waals surface area contributed by atoms with Crippen molar-refractivity contribution >= 4 is 58.0 Å². The number of halogens is 6. The van der Waals surface area contributed by atoms with E-state index < -0.39 is 28.6 Å². The summed E-state index contributed by atoms with van der Waals surface area (Å²) >= 11 is 17.1. The standard InChI is InChI=1S/C15H8Cl3F3N2O2/c16-9-5-4-7(6-8(9)15(19,20)21)22-13(24)14(25)23-11-3-1-2-10(17)12(11)18/h1-6H,(H,22,24)(H,23,25). The van der Waals surface area contributed by atoms with Gasteiger partial charge in [-0.1, -0.05) is 40.9 Å². The van der Waals surface area contributed by atoms with Gasteiger partial charge in [0, 0.05) is 5.69 Å². The summed E-state index contributed by atoms with van der Waals surface area (Å²) in [5, 5.41) is 3.92. The Morgan fingerprint density at radius 3 is 2.16 bits per heavy atom. The molecule has 0 spiro atoms. The van der Waals surface area contributed by atoms with Gasteiger partial charge in [-0.3, -0.25) is 9.59 Å². The largest absolute Gasteiger partial charge is 0.417 e. The summed E-state index contributed by atoms with van der Waals surface area (Å²) in [5.41, 5.74) is -1.29. The zero-order chi connectivity index (χ0) is 18.8. The molecule has 10 heteroatoms. The second kappa shape index (κ2) is 7.51. The molecule has 0 aliphatic heterocycles. The van der Waals surface area contributed by atoms with Crippen LogP contribution >= 0.6 is 34.8 Å². The molecular weight excluding hydrogens is 404 g/mol. The molecule has 0 atom stereocenters. The van der Waals surface area contributed by atoms with Gasteiger partial charge in [0.1, 0.15) is 0 Å². The second-order valence-electron chi connectivity index (χ2n) is 4.70. The number of carbonyl (C=O) groups is 2. The molecule has 0 unspecified atom stereocenters. The van der Waals surface area contributed by atoms with Crippen molar-refractivity contribution in [3.05, 3.63) is 57.0 Å². The fraction of sp³-hybridized carbons (Fsp3) is 0.0667. The first-order valence-corrected chi connectivity index (χ1v) is 7.66. The molecule has 4 nitrogen and oxygen atoms in total. The number of carbonyl (C=O) groups excluding carboxylic acids is 2. The third kappa shape index (κ3) is 4.78. The number of amides is 2. The van der Waals surface area contributed by atoms with Gasteiger partial charge >= 0.3 is 18.0 Å². The first kappa shape index (κ1) is 19.4. The molecule has 0 saturated carbocycles. The fourth-order valence-electron chi connectivity index (χ4n) is 1.79. The molecule has 2 aromatic carbocycles. The number of benzene rings is 2. The molecule has 2 rings (SSSR count). The van der Waals surface area contributed by atoms with Crippen molar-refractivity contribution in [2.24, 2.45) is 0 Å².